The molecule has 0 aromatic heterocycles. The molecule has 1 aliphatic heterocycles. The molecule has 150 valence electrons. The Bertz CT molecular complexity index is 456. The fourth-order valence-electron chi connectivity index (χ4n) is 3.34. The average Bonchev–Trinajstić information content (AvgIpc) is 2.95. The van der Waals surface area contributed by atoms with E-state index in [2.05, 4.69) is 33.8 Å². The van der Waals surface area contributed by atoms with Gasteiger partial charge in [-0.15, -0.1) is 0 Å². The van der Waals surface area contributed by atoms with E-state index in [-0.39, 0.29) is 24.6 Å². The van der Waals surface area contributed by atoms with Crippen LogP contribution in [0.15, 0.2) is 11.6 Å². The van der Waals surface area contributed by atoms with E-state index in [0.717, 1.165) is 31.6 Å². The molecule has 0 aromatic carbocycles. The van der Waals surface area contributed by atoms with Gasteiger partial charge >= 0.3 is 5.97 Å². The molecule has 1 heterocycles. The molecular weight excluding hydrogens is 326 g/mol. The Hall–Kier alpha value is -1.32. The van der Waals surface area contributed by atoms with Crippen molar-refractivity contribution < 1.29 is 14.3 Å². The molecule has 0 saturated carbocycles. The Kier molecular flexibility index (Phi) is 11.3. The average molecular weight is 366 g/mol. The number of hydrogen-bond donors (Lipinski definition) is 0. The van der Waals surface area contributed by atoms with Crippen LogP contribution >= 0.6 is 0 Å². The number of esters is 1. The molecule has 1 fully saturated rings. The van der Waals surface area contributed by atoms with E-state index in [1.807, 2.05) is 0 Å². The van der Waals surface area contributed by atoms with E-state index in [4.69, 9.17) is 4.74 Å². The maximum atomic E-state index is 12.4. The summed E-state index contributed by atoms with van der Waals surface area (Å²) >= 11 is 0. The molecule has 1 rings (SSSR count). The molecule has 0 aromatic rings. The summed E-state index contributed by atoms with van der Waals surface area (Å²) in [6, 6.07) is 0. The van der Waals surface area contributed by atoms with Gasteiger partial charge in [-0.3, -0.25) is 14.5 Å². The molecule has 4 nitrogen and oxygen atoms in total. The van der Waals surface area contributed by atoms with E-state index in [0.29, 0.717) is 12.8 Å². The van der Waals surface area contributed by atoms with Crippen molar-refractivity contribution in [2.24, 2.45) is 5.92 Å². The van der Waals surface area contributed by atoms with Gasteiger partial charge in [0.1, 0.15) is 6.54 Å². The minimum Gasteiger partial charge on any atom is -0.440 e. The third kappa shape index (κ3) is 9.40. The summed E-state index contributed by atoms with van der Waals surface area (Å²) in [5.74, 6) is 0.546. The monoisotopic (exact) mass is 365 g/mol. The lowest BCUT2D eigenvalue weighted by molar-refractivity contribution is -0.143. The van der Waals surface area contributed by atoms with Gasteiger partial charge in [-0.2, -0.15) is 0 Å². The first kappa shape index (κ1) is 22.7. The minimum atomic E-state index is -0.370. The van der Waals surface area contributed by atoms with Gasteiger partial charge < -0.3 is 4.74 Å². The summed E-state index contributed by atoms with van der Waals surface area (Å²) < 4.78 is 5.37. The number of unbranched alkanes of at least 4 members (excludes halogenated alkanes) is 4. The quantitative estimate of drug-likeness (QED) is 0.242. The number of rotatable bonds is 13. The van der Waals surface area contributed by atoms with Crippen molar-refractivity contribution in [3.05, 3.63) is 11.6 Å². The summed E-state index contributed by atoms with van der Waals surface area (Å²) in [5, 5.41) is 0. The summed E-state index contributed by atoms with van der Waals surface area (Å²) in [4.78, 5) is 25.7. The summed E-state index contributed by atoms with van der Waals surface area (Å²) in [5.41, 5.74) is 1.39. The SMILES string of the molecule is CCCCCCCC(=O)N1CC(=O)OC1CCC=C(C)CCCC(C)C. The maximum Gasteiger partial charge on any atom is 0.327 e. The first-order chi connectivity index (χ1) is 12.4. The Morgan fingerprint density at radius 2 is 1.92 bits per heavy atom. The molecule has 4 heteroatoms. The second kappa shape index (κ2) is 12.9. The number of nitrogens with zero attached hydrogens (tertiary/aromatic N) is 1. The second-order valence-corrected chi connectivity index (χ2v) is 8.04. The van der Waals surface area contributed by atoms with Crippen molar-refractivity contribution >= 4 is 11.9 Å². The molecule has 0 radical (unpaired) electrons. The number of hydrogen-bond acceptors (Lipinski definition) is 3. The number of allylic oxidation sites excluding steroid dienone is 2. The number of cyclic esters (lactones) is 1. The Morgan fingerprint density at radius 3 is 2.62 bits per heavy atom. The van der Waals surface area contributed by atoms with Crippen LogP contribution in [0.5, 0.6) is 0 Å². The van der Waals surface area contributed by atoms with Crippen LogP contribution in [-0.4, -0.2) is 29.5 Å². The molecule has 0 bridgehead atoms. The highest BCUT2D eigenvalue weighted by Gasteiger charge is 2.34. The molecule has 1 atom stereocenters. The van der Waals surface area contributed by atoms with Crippen LogP contribution in [0.25, 0.3) is 0 Å². The van der Waals surface area contributed by atoms with Crippen molar-refractivity contribution in [3.63, 3.8) is 0 Å². The third-order valence-electron chi connectivity index (χ3n) is 4.99. The van der Waals surface area contributed by atoms with Crippen LogP contribution < -0.4 is 0 Å². The van der Waals surface area contributed by atoms with E-state index >= 15 is 0 Å². The normalized spacial score (nSPS) is 17.9. The predicted molar refractivity (Wildman–Crippen MR) is 107 cm³/mol. The number of carbonyl (C=O) groups is 2. The molecule has 1 aliphatic rings. The largest absolute Gasteiger partial charge is 0.440 e. The van der Waals surface area contributed by atoms with Crippen LogP contribution in [0, 0.1) is 5.92 Å². The molecule has 0 spiro atoms. The molecule has 1 amide bonds. The highest BCUT2D eigenvalue weighted by Crippen LogP contribution is 2.20. The van der Waals surface area contributed by atoms with Gasteiger partial charge in [0.15, 0.2) is 6.23 Å². The van der Waals surface area contributed by atoms with Crippen molar-refractivity contribution in [1.29, 1.82) is 0 Å². The van der Waals surface area contributed by atoms with Gasteiger partial charge in [0.05, 0.1) is 0 Å². The van der Waals surface area contributed by atoms with E-state index in [9.17, 15) is 9.59 Å². The number of amides is 1. The zero-order valence-corrected chi connectivity index (χ0v) is 17.4. The summed E-state index contributed by atoms with van der Waals surface area (Å²) in [6.45, 7) is 8.98. The van der Waals surface area contributed by atoms with Gasteiger partial charge in [-0.1, -0.05) is 64.5 Å². The first-order valence-corrected chi connectivity index (χ1v) is 10.6. The lowest BCUT2D eigenvalue weighted by atomic mass is 10.0. The first-order valence-electron chi connectivity index (χ1n) is 10.6. The van der Waals surface area contributed by atoms with Crippen molar-refractivity contribution in [1.82, 2.24) is 4.90 Å². The fraction of sp³-hybridized carbons (Fsp3) is 0.818. The van der Waals surface area contributed by atoms with Crippen LogP contribution in [-0.2, 0) is 14.3 Å². The van der Waals surface area contributed by atoms with Crippen molar-refractivity contribution in [2.45, 2.75) is 105 Å². The molecule has 1 unspecified atom stereocenters. The van der Waals surface area contributed by atoms with Gasteiger partial charge in [0.2, 0.25) is 5.91 Å². The standard InChI is InChI=1S/C22H39NO3/c1-5-6-7-8-9-15-20(24)23-17-22(25)26-21(23)16-11-14-19(4)13-10-12-18(2)3/h14,18,21H,5-13,15-17H2,1-4H3. The Balaban J connectivity index is 2.34. The lowest BCUT2D eigenvalue weighted by Gasteiger charge is -2.21. The van der Waals surface area contributed by atoms with Crippen molar-refractivity contribution in [2.75, 3.05) is 6.54 Å². The highest BCUT2D eigenvalue weighted by atomic mass is 16.6. The van der Waals surface area contributed by atoms with Crippen LogP contribution in [0.4, 0.5) is 0 Å². The topological polar surface area (TPSA) is 46.6 Å². The third-order valence-corrected chi connectivity index (χ3v) is 4.99. The predicted octanol–water partition coefficient (Wildman–Crippen LogP) is 5.61. The Labute approximate surface area is 160 Å². The van der Waals surface area contributed by atoms with Crippen LogP contribution in [0.1, 0.15) is 98.3 Å². The molecule has 0 N–H and O–H groups in total. The van der Waals surface area contributed by atoms with E-state index in [1.165, 1.54) is 37.7 Å². The van der Waals surface area contributed by atoms with E-state index in [1.54, 1.807) is 4.90 Å². The van der Waals surface area contributed by atoms with Gasteiger partial charge in [-0.05, 0) is 38.5 Å². The second-order valence-electron chi connectivity index (χ2n) is 8.04. The smallest absolute Gasteiger partial charge is 0.327 e. The molecular formula is C22H39NO3. The van der Waals surface area contributed by atoms with Gasteiger partial charge in [0.25, 0.3) is 0 Å². The minimum absolute atomic E-state index is 0.0648. The van der Waals surface area contributed by atoms with E-state index < -0.39 is 0 Å². The Morgan fingerprint density at radius 1 is 1.19 bits per heavy atom. The zero-order chi connectivity index (χ0) is 19.4. The van der Waals surface area contributed by atoms with Gasteiger partial charge in [-0.25, -0.2) is 0 Å². The van der Waals surface area contributed by atoms with Crippen molar-refractivity contribution in [3.8, 4) is 0 Å². The molecule has 1 saturated heterocycles. The summed E-state index contributed by atoms with van der Waals surface area (Å²) in [6.07, 6.45) is 13.2. The molecule has 0 aliphatic carbocycles. The number of ether oxygens (including phenoxy) is 1. The molecule has 26 heavy (non-hydrogen) atoms. The summed E-state index contributed by atoms with van der Waals surface area (Å²) in [7, 11) is 0. The number of carbonyl (C=O) groups excluding carboxylic acids is 2. The van der Waals surface area contributed by atoms with Crippen LogP contribution in [0.3, 0.4) is 0 Å². The highest BCUT2D eigenvalue weighted by molar-refractivity contribution is 5.84. The van der Waals surface area contributed by atoms with Gasteiger partial charge in [0, 0.05) is 12.8 Å². The lowest BCUT2D eigenvalue weighted by Crippen LogP contribution is -2.36. The maximum absolute atomic E-state index is 12.4. The van der Waals surface area contributed by atoms with Crippen LogP contribution in [0.2, 0.25) is 0 Å². The zero-order valence-electron chi connectivity index (χ0n) is 17.4. The fourth-order valence-corrected chi connectivity index (χ4v) is 3.34.